The number of halogens is 1. The van der Waals surface area contributed by atoms with Gasteiger partial charge in [-0.2, -0.15) is 4.40 Å². The highest BCUT2D eigenvalue weighted by Crippen LogP contribution is 2.14. The number of fused-ring (bicyclic) bond motifs is 1. The molecule has 1 unspecified atom stereocenters. The summed E-state index contributed by atoms with van der Waals surface area (Å²) in [4.78, 5) is 10.0. The van der Waals surface area contributed by atoms with Crippen LogP contribution in [0.4, 0.5) is 5.69 Å². The molecule has 5 nitrogen and oxygen atoms in total. The Morgan fingerprint density at radius 3 is 2.86 bits per heavy atom. The Morgan fingerprint density at radius 1 is 1.50 bits per heavy atom. The van der Waals surface area contributed by atoms with E-state index in [9.17, 15) is 14.3 Å². The molecule has 0 bridgehead atoms. The standard InChI is InChI=1S/C7H3ClN2O3S/c8-7-6-4(9-14(7)13)2-1-3-5(6)10(11)12/h1-3H. The Labute approximate surface area is 85.5 Å². The van der Waals surface area contributed by atoms with Gasteiger partial charge in [0.15, 0.2) is 11.0 Å². The summed E-state index contributed by atoms with van der Waals surface area (Å²) in [7, 11) is -1.69. The zero-order chi connectivity index (χ0) is 10.3. The van der Waals surface area contributed by atoms with Crippen LogP contribution >= 0.6 is 11.6 Å². The van der Waals surface area contributed by atoms with E-state index in [-0.39, 0.29) is 15.3 Å². The van der Waals surface area contributed by atoms with Crippen molar-refractivity contribution in [1.29, 1.82) is 0 Å². The summed E-state index contributed by atoms with van der Waals surface area (Å²) in [6.07, 6.45) is 0. The van der Waals surface area contributed by atoms with Gasteiger partial charge in [0.25, 0.3) is 5.69 Å². The van der Waals surface area contributed by atoms with Crippen molar-refractivity contribution >= 4 is 32.6 Å². The third kappa shape index (κ3) is 1.23. The molecule has 72 valence electrons. The molecular formula is C7H3ClN2O3S. The van der Waals surface area contributed by atoms with E-state index >= 15 is 0 Å². The molecule has 2 rings (SSSR count). The quantitative estimate of drug-likeness (QED) is 0.511. The number of non-ortho nitro benzene ring substituents is 1. The fourth-order valence-corrected chi connectivity index (χ4v) is 2.27. The highest BCUT2D eigenvalue weighted by molar-refractivity contribution is 7.95. The fourth-order valence-electron chi connectivity index (χ4n) is 1.17. The summed E-state index contributed by atoms with van der Waals surface area (Å²) in [5.74, 6) is 0. The molecule has 1 aromatic carbocycles. The molecule has 0 aromatic heterocycles. The molecule has 1 aromatic rings. The summed E-state index contributed by atoms with van der Waals surface area (Å²) in [6, 6.07) is 4.32. The predicted molar refractivity (Wildman–Crippen MR) is 51.3 cm³/mol. The second-order valence-electron chi connectivity index (χ2n) is 2.54. The molecule has 0 spiro atoms. The Balaban J connectivity index is 2.97. The van der Waals surface area contributed by atoms with E-state index in [4.69, 9.17) is 11.6 Å². The van der Waals surface area contributed by atoms with Crippen LogP contribution in [0.3, 0.4) is 0 Å². The van der Waals surface area contributed by atoms with Gasteiger partial charge in [0.1, 0.15) is 9.58 Å². The summed E-state index contributed by atoms with van der Waals surface area (Å²) < 4.78 is 14.8. The van der Waals surface area contributed by atoms with E-state index in [0.717, 1.165) is 0 Å². The van der Waals surface area contributed by atoms with Gasteiger partial charge in [-0.25, -0.2) is 4.21 Å². The van der Waals surface area contributed by atoms with Gasteiger partial charge in [0.05, 0.1) is 10.3 Å². The minimum absolute atomic E-state index is 0.0766. The van der Waals surface area contributed by atoms with Gasteiger partial charge in [0.2, 0.25) is 0 Å². The average Bonchev–Trinajstić information content (AvgIpc) is 2.43. The molecule has 1 heterocycles. The van der Waals surface area contributed by atoms with Crippen molar-refractivity contribution in [2.45, 2.75) is 0 Å². The number of hydrogen-bond donors (Lipinski definition) is 0. The van der Waals surface area contributed by atoms with Crippen molar-refractivity contribution in [2.75, 3.05) is 0 Å². The van der Waals surface area contributed by atoms with Crippen LogP contribution in [-0.4, -0.2) is 9.13 Å². The zero-order valence-electron chi connectivity index (χ0n) is 6.64. The maximum Gasteiger partial charge on any atom is 0.281 e. The number of benzene rings is 1. The summed E-state index contributed by atoms with van der Waals surface area (Å²) in [5, 5.41) is 11.1. The normalized spacial score (nSPS) is 18.9. The third-order valence-corrected chi connectivity index (χ3v) is 3.21. The van der Waals surface area contributed by atoms with E-state index in [0.29, 0.717) is 5.36 Å². The fraction of sp³-hybridized carbons (Fsp3) is 0. The van der Waals surface area contributed by atoms with E-state index in [1.54, 1.807) is 0 Å². The SMILES string of the molecule is O=[N+]([O-])c1cccc2c1=C(Cl)S(=O)N=2. The van der Waals surface area contributed by atoms with Crippen molar-refractivity contribution < 1.29 is 9.13 Å². The van der Waals surface area contributed by atoms with Gasteiger partial charge in [-0.3, -0.25) is 10.1 Å². The minimum atomic E-state index is -1.69. The largest absolute Gasteiger partial charge is 0.281 e. The van der Waals surface area contributed by atoms with Crippen LogP contribution in [0.25, 0.3) is 4.36 Å². The number of nitro benzene ring substituents is 1. The van der Waals surface area contributed by atoms with Gasteiger partial charge in [-0.1, -0.05) is 17.7 Å². The van der Waals surface area contributed by atoms with Crippen molar-refractivity contribution in [3.8, 4) is 0 Å². The first-order valence-corrected chi connectivity index (χ1v) is 5.03. The van der Waals surface area contributed by atoms with Crippen LogP contribution in [0.5, 0.6) is 0 Å². The van der Waals surface area contributed by atoms with Gasteiger partial charge in [-0.05, 0) is 6.07 Å². The number of rotatable bonds is 1. The Hall–Kier alpha value is -1.27. The van der Waals surface area contributed by atoms with E-state index in [1.165, 1.54) is 18.2 Å². The van der Waals surface area contributed by atoms with Crippen molar-refractivity contribution in [3.05, 3.63) is 38.9 Å². The Kier molecular flexibility index (Phi) is 2.09. The van der Waals surface area contributed by atoms with Gasteiger partial charge in [0, 0.05) is 6.07 Å². The number of nitro groups is 1. The summed E-state index contributed by atoms with van der Waals surface area (Å²) >= 11 is 5.66. The predicted octanol–water partition coefficient (Wildman–Crippen LogP) is 0.196. The average molecular weight is 231 g/mol. The lowest BCUT2D eigenvalue weighted by Crippen LogP contribution is -2.25. The van der Waals surface area contributed by atoms with Crippen LogP contribution in [0.2, 0.25) is 0 Å². The Morgan fingerprint density at radius 2 is 2.21 bits per heavy atom. The lowest BCUT2D eigenvalue weighted by atomic mass is 10.2. The Bertz CT molecular complexity index is 569. The molecular weight excluding hydrogens is 228 g/mol. The van der Waals surface area contributed by atoms with Crippen molar-refractivity contribution in [3.63, 3.8) is 0 Å². The highest BCUT2D eigenvalue weighted by Gasteiger charge is 2.20. The van der Waals surface area contributed by atoms with Crippen LogP contribution < -0.4 is 10.6 Å². The van der Waals surface area contributed by atoms with Gasteiger partial charge >= 0.3 is 0 Å². The molecule has 0 saturated heterocycles. The third-order valence-electron chi connectivity index (χ3n) is 1.75. The maximum absolute atomic E-state index is 11.2. The first-order valence-electron chi connectivity index (χ1n) is 3.55. The molecule has 1 aliphatic rings. The maximum atomic E-state index is 11.2. The second-order valence-corrected chi connectivity index (χ2v) is 4.23. The van der Waals surface area contributed by atoms with E-state index < -0.39 is 15.9 Å². The molecule has 0 amide bonds. The minimum Gasteiger partial charge on any atom is -0.258 e. The van der Waals surface area contributed by atoms with Gasteiger partial charge in [-0.15, -0.1) is 0 Å². The number of nitrogens with zero attached hydrogens (tertiary/aromatic N) is 2. The molecule has 1 atom stereocenters. The van der Waals surface area contributed by atoms with Crippen molar-refractivity contribution in [2.24, 2.45) is 4.40 Å². The second kappa shape index (κ2) is 3.14. The molecule has 0 fully saturated rings. The lowest BCUT2D eigenvalue weighted by molar-refractivity contribution is -0.386. The molecule has 0 aliphatic carbocycles. The smallest absolute Gasteiger partial charge is 0.258 e. The first kappa shape index (κ1) is 9.29. The van der Waals surface area contributed by atoms with Crippen LogP contribution in [0.1, 0.15) is 0 Å². The molecule has 14 heavy (non-hydrogen) atoms. The van der Waals surface area contributed by atoms with Crippen LogP contribution in [0.15, 0.2) is 22.6 Å². The lowest BCUT2D eigenvalue weighted by Gasteiger charge is -1.89. The van der Waals surface area contributed by atoms with E-state index in [1.807, 2.05) is 0 Å². The van der Waals surface area contributed by atoms with Crippen LogP contribution in [0, 0.1) is 10.1 Å². The number of hydrogen-bond acceptors (Lipinski definition) is 3. The van der Waals surface area contributed by atoms with Gasteiger partial charge < -0.3 is 0 Å². The van der Waals surface area contributed by atoms with Crippen molar-refractivity contribution in [1.82, 2.24) is 0 Å². The summed E-state index contributed by atoms with van der Waals surface area (Å²) in [6.45, 7) is 0. The molecule has 7 heteroatoms. The first-order chi connectivity index (χ1) is 6.61. The van der Waals surface area contributed by atoms with Crippen LogP contribution in [-0.2, 0) is 11.0 Å². The highest BCUT2D eigenvalue weighted by atomic mass is 35.5. The molecule has 0 saturated carbocycles. The summed E-state index contributed by atoms with van der Waals surface area (Å²) in [5.41, 5.74) is -0.165. The zero-order valence-corrected chi connectivity index (χ0v) is 8.21. The topological polar surface area (TPSA) is 72.6 Å². The molecule has 0 N–H and O–H groups in total. The molecule has 0 radical (unpaired) electrons. The molecule has 1 aliphatic heterocycles. The monoisotopic (exact) mass is 230 g/mol. The van der Waals surface area contributed by atoms with E-state index in [2.05, 4.69) is 4.40 Å².